The Morgan fingerprint density at radius 3 is 2.64 bits per heavy atom. The topological polar surface area (TPSA) is 65.2 Å². The average molecular weight is 333 g/mol. The van der Waals surface area contributed by atoms with Gasteiger partial charge in [-0.3, -0.25) is 9.59 Å². The number of hydrogen-bond donors (Lipinski definition) is 2. The number of fused-ring (bicyclic) bond motifs is 3. The first kappa shape index (κ1) is 15.4. The number of nitrogens with one attached hydrogen (secondary N) is 2. The molecule has 126 valence electrons. The summed E-state index contributed by atoms with van der Waals surface area (Å²) in [6.45, 7) is 1.27. The molecule has 2 amide bonds. The van der Waals surface area contributed by atoms with Gasteiger partial charge in [-0.1, -0.05) is 36.4 Å². The van der Waals surface area contributed by atoms with Crippen LogP contribution in [0, 0.1) is 0 Å². The van der Waals surface area contributed by atoms with Gasteiger partial charge in [-0.15, -0.1) is 0 Å². The summed E-state index contributed by atoms with van der Waals surface area (Å²) in [5.74, 6) is -0.279. The maximum atomic E-state index is 12.5. The van der Waals surface area contributed by atoms with E-state index in [1.807, 2.05) is 23.1 Å². The Bertz CT molecular complexity index is 931. The third-order valence-corrected chi connectivity index (χ3v) is 4.67. The standard InChI is InChI=1S/C20H19N3O2/c24-19(12-21-20(25)14-6-2-1-3-7-14)23-11-10-18-16(13-23)15-8-4-5-9-17(15)22-18/h1-9,22H,10-13H2,(H,21,25). The van der Waals surface area contributed by atoms with Crippen LogP contribution in [-0.2, 0) is 17.8 Å². The first-order valence-corrected chi connectivity index (χ1v) is 8.42. The number of aromatic nitrogens is 1. The molecule has 0 atom stereocenters. The minimum atomic E-state index is -0.223. The molecule has 0 bridgehead atoms. The maximum Gasteiger partial charge on any atom is 0.251 e. The van der Waals surface area contributed by atoms with E-state index < -0.39 is 0 Å². The highest BCUT2D eigenvalue weighted by Gasteiger charge is 2.24. The van der Waals surface area contributed by atoms with Crippen molar-refractivity contribution >= 4 is 22.7 Å². The minimum absolute atomic E-state index is 0.0193. The van der Waals surface area contributed by atoms with Gasteiger partial charge >= 0.3 is 0 Å². The van der Waals surface area contributed by atoms with Crippen LogP contribution < -0.4 is 5.32 Å². The highest BCUT2D eigenvalue weighted by Crippen LogP contribution is 2.27. The zero-order valence-electron chi connectivity index (χ0n) is 13.8. The maximum absolute atomic E-state index is 12.5. The Morgan fingerprint density at radius 2 is 1.80 bits per heavy atom. The summed E-state index contributed by atoms with van der Waals surface area (Å²) in [6.07, 6.45) is 0.808. The van der Waals surface area contributed by atoms with Crippen LogP contribution in [0.25, 0.3) is 10.9 Å². The van der Waals surface area contributed by atoms with Crippen molar-refractivity contribution in [1.82, 2.24) is 15.2 Å². The number of carbonyl (C=O) groups excluding carboxylic acids is 2. The Balaban J connectivity index is 1.43. The lowest BCUT2D eigenvalue weighted by molar-refractivity contribution is -0.131. The molecule has 2 heterocycles. The fourth-order valence-corrected chi connectivity index (χ4v) is 3.34. The zero-order valence-corrected chi connectivity index (χ0v) is 13.8. The van der Waals surface area contributed by atoms with Crippen LogP contribution in [0.3, 0.4) is 0 Å². The number of hydrogen-bond acceptors (Lipinski definition) is 2. The lowest BCUT2D eigenvalue weighted by Crippen LogP contribution is -2.42. The molecular weight excluding hydrogens is 314 g/mol. The Kier molecular flexibility index (Phi) is 3.98. The molecule has 3 aromatic rings. The lowest BCUT2D eigenvalue weighted by atomic mass is 10.0. The van der Waals surface area contributed by atoms with Gasteiger partial charge in [-0.2, -0.15) is 0 Å². The predicted octanol–water partition coefficient (Wildman–Crippen LogP) is 2.48. The van der Waals surface area contributed by atoms with Gasteiger partial charge in [0.1, 0.15) is 0 Å². The van der Waals surface area contributed by atoms with E-state index in [1.165, 1.54) is 16.6 Å². The smallest absolute Gasteiger partial charge is 0.251 e. The van der Waals surface area contributed by atoms with E-state index in [2.05, 4.69) is 22.4 Å². The third-order valence-electron chi connectivity index (χ3n) is 4.67. The first-order valence-electron chi connectivity index (χ1n) is 8.42. The second-order valence-corrected chi connectivity index (χ2v) is 6.24. The SMILES string of the molecule is O=C(NCC(=O)N1CCc2[nH]c3ccccc3c2C1)c1ccccc1. The molecule has 4 rings (SSSR count). The van der Waals surface area contributed by atoms with Crippen molar-refractivity contribution in [2.75, 3.05) is 13.1 Å². The minimum Gasteiger partial charge on any atom is -0.358 e. The molecule has 0 aliphatic carbocycles. The molecule has 5 heteroatoms. The van der Waals surface area contributed by atoms with Crippen LogP contribution in [0.5, 0.6) is 0 Å². The first-order chi connectivity index (χ1) is 12.2. The van der Waals surface area contributed by atoms with Crippen molar-refractivity contribution < 1.29 is 9.59 Å². The number of H-pyrrole nitrogens is 1. The molecule has 1 aliphatic heterocycles. The van der Waals surface area contributed by atoms with E-state index in [-0.39, 0.29) is 18.4 Å². The summed E-state index contributed by atoms with van der Waals surface area (Å²) in [4.78, 5) is 29.8. The summed E-state index contributed by atoms with van der Waals surface area (Å²) in [5, 5.41) is 3.88. The summed E-state index contributed by atoms with van der Waals surface area (Å²) in [6, 6.07) is 17.1. The fraction of sp³-hybridized carbons (Fsp3) is 0.200. The molecule has 2 aromatic carbocycles. The highest BCUT2D eigenvalue weighted by molar-refractivity contribution is 5.96. The number of amides is 2. The van der Waals surface area contributed by atoms with Gasteiger partial charge in [0.25, 0.3) is 5.91 Å². The molecular formula is C20H19N3O2. The van der Waals surface area contributed by atoms with Gasteiger partial charge in [-0.05, 0) is 18.2 Å². The van der Waals surface area contributed by atoms with E-state index in [1.54, 1.807) is 24.3 Å². The molecule has 0 saturated heterocycles. The van der Waals surface area contributed by atoms with Crippen LogP contribution >= 0.6 is 0 Å². The molecule has 0 saturated carbocycles. The second-order valence-electron chi connectivity index (χ2n) is 6.24. The largest absolute Gasteiger partial charge is 0.358 e. The van der Waals surface area contributed by atoms with E-state index in [4.69, 9.17) is 0 Å². The van der Waals surface area contributed by atoms with Crippen molar-refractivity contribution in [3.8, 4) is 0 Å². The van der Waals surface area contributed by atoms with Crippen LogP contribution in [0.1, 0.15) is 21.6 Å². The quantitative estimate of drug-likeness (QED) is 0.773. The molecule has 2 N–H and O–H groups in total. The van der Waals surface area contributed by atoms with Crippen LogP contribution in [0.15, 0.2) is 54.6 Å². The Hall–Kier alpha value is -3.08. The van der Waals surface area contributed by atoms with Gasteiger partial charge in [0, 0.05) is 47.2 Å². The monoisotopic (exact) mass is 333 g/mol. The molecule has 1 aromatic heterocycles. The Morgan fingerprint density at radius 1 is 1.04 bits per heavy atom. The molecule has 25 heavy (non-hydrogen) atoms. The molecule has 0 radical (unpaired) electrons. The summed E-state index contributed by atoms with van der Waals surface area (Å²) in [5.41, 5.74) is 4.06. The van der Waals surface area contributed by atoms with Crippen LogP contribution in [0.2, 0.25) is 0 Å². The number of rotatable bonds is 3. The fourth-order valence-electron chi connectivity index (χ4n) is 3.34. The van der Waals surface area contributed by atoms with Crippen LogP contribution in [-0.4, -0.2) is 34.8 Å². The summed E-state index contributed by atoms with van der Waals surface area (Å²) in [7, 11) is 0. The molecule has 0 spiro atoms. The normalized spacial score (nSPS) is 13.5. The number of benzene rings is 2. The third kappa shape index (κ3) is 3.01. The summed E-state index contributed by atoms with van der Waals surface area (Å²) >= 11 is 0. The Labute approximate surface area is 145 Å². The number of carbonyl (C=O) groups is 2. The second kappa shape index (κ2) is 6.43. The molecule has 5 nitrogen and oxygen atoms in total. The van der Waals surface area contributed by atoms with Crippen LogP contribution in [0.4, 0.5) is 0 Å². The van der Waals surface area contributed by atoms with Gasteiger partial charge in [0.05, 0.1) is 6.54 Å². The van der Waals surface area contributed by atoms with Gasteiger partial charge < -0.3 is 15.2 Å². The molecule has 1 aliphatic rings. The number of para-hydroxylation sites is 1. The lowest BCUT2D eigenvalue weighted by Gasteiger charge is -2.27. The number of nitrogens with zero attached hydrogens (tertiary/aromatic N) is 1. The highest BCUT2D eigenvalue weighted by atomic mass is 16.2. The van der Waals surface area contributed by atoms with Crippen molar-refractivity contribution in [3.05, 3.63) is 71.4 Å². The predicted molar refractivity (Wildman–Crippen MR) is 96.2 cm³/mol. The van der Waals surface area contributed by atoms with E-state index in [0.29, 0.717) is 18.7 Å². The summed E-state index contributed by atoms with van der Waals surface area (Å²) < 4.78 is 0. The average Bonchev–Trinajstić information content (AvgIpc) is 3.04. The van der Waals surface area contributed by atoms with Gasteiger partial charge in [0.2, 0.25) is 5.91 Å². The van der Waals surface area contributed by atoms with Crippen molar-refractivity contribution in [1.29, 1.82) is 0 Å². The van der Waals surface area contributed by atoms with E-state index in [0.717, 1.165) is 11.9 Å². The number of aromatic amines is 1. The molecule has 0 unspecified atom stereocenters. The van der Waals surface area contributed by atoms with Crippen molar-refractivity contribution in [2.24, 2.45) is 0 Å². The van der Waals surface area contributed by atoms with Gasteiger partial charge in [0.15, 0.2) is 0 Å². The van der Waals surface area contributed by atoms with E-state index in [9.17, 15) is 9.59 Å². The zero-order chi connectivity index (χ0) is 17.2. The molecule has 0 fully saturated rings. The van der Waals surface area contributed by atoms with Crippen molar-refractivity contribution in [3.63, 3.8) is 0 Å². The van der Waals surface area contributed by atoms with E-state index >= 15 is 0 Å². The van der Waals surface area contributed by atoms with Crippen molar-refractivity contribution in [2.45, 2.75) is 13.0 Å². The van der Waals surface area contributed by atoms with Gasteiger partial charge in [-0.25, -0.2) is 0 Å².